The van der Waals surface area contributed by atoms with Gasteiger partial charge in [-0.2, -0.15) is 4.31 Å². The predicted molar refractivity (Wildman–Crippen MR) is 107 cm³/mol. The maximum atomic E-state index is 13.6. The van der Waals surface area contributed by atoms with E-state index in [1.165, 1.54) is 9.71 Å². The summed E-state index contributed by atoms with van der Waals surface area (Å²) in [5, 5.41) is 3.58. The predicted octanol–water partition coefficient (Wildman–Crippen LogP) is 2.52. The number of hydrogen-bond acceptors (Lipinski definition) is 4. The quantitative estimate of drug-likeness (QED) is 0.778. The molecule has 3 rings (SSSR count). The van der Waals surface area contributed by atoms with Crippen molar-refractivity contribution in [1.29, 1.82) is 0 Å². The zero-order valence-corrected chi connectivity index (χ0v) is 16.4. The highest BCUT2D eigenvalue weighted by molar-refractivity contribution is 7.92. The second-order valence-corrected chi connectivity index (χ2v) is 8.42. The van der Waals surface area contributed by atoms with Crippen LogP contribution in [0.2, 0.25) is 0 Å². The van der Waals surface area contributed by atoms with Crippen LogP contribution < -0.4 is 5.32 Å². The Balaban J connectivity index is 1.50. The van der Waals surface area contributed by atoms with Crippen LogP contribution >= 0.6 is 0 Å². The molecule has 1 N–H and O–H groups in total. The van der Waals surface area contributed by atoms with Gasteiger partial charge < -0.3 is 5.32 Å². The van der Waals surface area contributed by atoms with E-state index in [1.54, 1.807) is 11.0 Å². The molecule has 1 saturated heterocycles. The summed E-state index contributed by atoms with van der Waals surface area (Å²) in [4.78, 5) is 13.9. The minimum absolute atomic E-state index is 0.00937. The van der Waals surface area contributed by atoms with Crippen LogP contribution in [0.25, 0.3) is 6.08 Å². The second-order valence-electron chi connectivity index (χ2n) is 6.61. The van der Waals surface area contributed by atoms with Crippen molar-refractivity contribution in [1.82, 2.24) is 9.21 Å². The van der Waals surface area contributed by atoms with Crippen LogP contribution in [0.4, 0.5) is 14.5 Å². The Kier molecular flexibility index (Phi) is 6.73. The van der Waals surface area contributed by atoms with Crippen molar-refractivity contribution >= 4 is 27.7 Å². The van der Waals surface area contributed by atoms with Gasteiger partial charge in [-0.25, -0.2) is 17.2 Å². The van der Waals surface area contributed by atoms with Gasteiger partial charge in [-0.1, -0.05) is 30.3 Å². The number of anilines is 1. The fourth-order valence-corrected chi connectivity index (χ4v) is 4.11. The van der Waals surface area contributed by atoms with E-state index < -0.39 is 27.6 Å². The number of hydrogen-bond donors (Lipinski definition) is 1. The first kappa shape index (κ1) is 21.1. The highest BCUT2D eigenvalue weighted by Crippen LogP contribution is 2.15. The van der Waals surface area contributed by atoms with Crippen LogP contribution in [0.5, 0.6) is 0 Å². The number of benzene rings is 2. The van der Waals surface area contributed by atoms with E-state index in [0.29, 0.717) is 19.2 Å². The standard InChI is InChI=1S/C20H21F2N3O3S/c21-17-6-7-19(18(22)14-17)23-20(26)15-24-9-11-25(12-10-24)29(27,28)13-8-16-4-2-1-3-5-16/h1-8,13-14H,9-12,15H2,(H,23,26)/b13-8+. The average molecular weight is 421 g/mol. The lowest BCUT2D eigenvalue weighted by atomic mass is 10.2. The summed E-state index contributed by atoms with van der Waals surface area (Å²) in [5.74, 6) is -2.02. The fourth-order valence-electron chi connectivity index (χ4n) is 2.94. The Morgan fingerprint density at radius 3 is 2.38 bits per heavy atom. The molecule has 1 aliphatic heterocycles. The molecule has 0 radical (unpaired) electrons. The molecule has 0 spiro atoms. The highest BCUT2D eigenvalue weighted by atomic mass is 32.2. The van der Waals surface area contributed by atoms with Crippen LogP contribution in [-0.2, 0) is 14.8 Å². The molecule has 29 heavy (non-hydrogen) atoms. The van der Waals surface area contributed by atoms with Gasteiger partial charge in [0.15, 0.2) is 0 Å². The van der Waals surface area contributed by atoms with E-state index in [1.807, 2.05) is 30.3 Å². The van der Waals surface area contributed by atoms with Crippen molar-refractivity contribution < 1.29 is 22.0 Å². The number of sulfonamides is 1. The smallest absolute Gasteiger partial charge is 0.238 e. The van der Waals surface area contributed by atoms with E-state index in [0.717, 1.165) is 17.7 Å². The minimum Gasteiger partial charge on any atom is -0.322 e. The Hall–Kier alpha value is -2.62. The summed E-state index contributed by atoms with van der Waals surface area (Å²) in [6.45, 7) is 1.24. The van der Waals surface area contributed by atoms with Gasteiger partial charge in [0, 0.05) is 37.7 Å². The van der Waals surface area contributed by atoms with Crippen molar-refractivity contribution in [2.45, 2.75) is 0 Å². The van der Waals surface area contributed by atoms with Crippen molar-refractivity contribution in [2.24, 2.45) is 0 Å². The maximum absolute atomic E-state index is 13.6. The van der Waals surface area contributed by atoms with Gasteiger partial charge in [-0.05, 0) is 23.8 Å². The molecular formula is C20H21F2N3O3S. The Morgan fingerprint density at radius 1 is 1.03 bits per heavy atom. The third-order valence-corrected chi connectivity index (χ3v) is 6.06. The van der Waals surface area contributed by atoms with Crippen molar-refractivity contribution in [3.63, 3.8) is 0 Å². The van der Waals surface area contributed by atoms with E-state index in [4.69, 9.17) is 0 Å². The van der Waals surface area contributed by atoms with Crippen molar-refractivity contribution in [3.05, 3.63) is 71.1 Å². The van der Waals surface area contributed by atoms with Gasteiger partial charge in [-0.3, -0.25) is 9.69 Å². The molecule has 2 aromatic rings. The molecule has 6 nitrogen and oxygen atoms in total. The van der Waals surface area contributed by atoms with Gasteiger partial charge in [0.1, 0.15) is 11.6 Å². The minimum atomic E-state index is -3.55. The Labute approximate surface area is 168 Å². The van der Waals surface area contributed by atoms with E-state index in [9.17, 15) is 22.0 Å². The second kappa shape index (κ2) is 9.25. The van der Waals surface area contributed by atoms with Gasteiger partial charge >= 0.3 is 0 Å². The fraction of sp³-hybridized carbons (Fsp3) is 0.250. The van der Waals surface area contributed by atoms with E-state index in [-0.39, 0.29) is 25.3 Å². The third kappa shape index (κ3) is 5.93. The molecule has 0 aromatic heterocycles. The molecular weight excluding hydrogens is 400 g/mol. The van der Waals surface area contributed by atoms with Crippen LogP contribution in [0.3, 0.4) is 0 Å². The molecule has 1 amide bonds. The van der Waals surface area contributed by atoms with Gasteiger partial charge in [0.2, 0.25) is 15.9 Å². The number of nitrogens with one attached hydrogen (secondary N) is 1. The number of nitrogens with zero attached hydrogens (tertiary/aromatic N) is 2. The molecule has 0 bridgehead atoms. The molecule has 9 heteroatoms. The first-order chi connectivity index (χ1) is 13.8. The number of amides is 1. The molecule has 0 saturated carbocycles. The maximum Gasteiger partial charge on any atom is 0.238 e. The van der Waals surface area contributed by atoms with Crippen LogP contribution in [0, 0.1) is 11.6 Å². The first-order valence-corrected chi connectivity index (χ1v) is 10.5. The van der Waals surface area contributed by atoms with Crippen molar-refractivity contribution in [2.75, 3.05) is 38.0 Å². The number of rotatable bonds is 6. The number of halogens is 2. The van der Waals surface area contributed by atoms with Gasteiger partial charge in [0.05, 0.1) is 12.2 Å². The van der Waals surface area contributed by atoms with E-state index in [2.05, 4.69) is 5.32 Å². The zero-order chi connectivity index (χ0) is 20.9. The SMILES string of the molecule is O=C(CN1CCN(S(=O)(=O)/C=C/c2ccccc2)CC1)Nc1ccc(F)cc1F. The molecule has 0 atom stereocenters. The van der Waals surface area contributed by atoms with Crippen LogP contribution in [-0.4, -0.2) is 56.3 Å². The largest absolute Gasteiger partial charge is 0.322 e. The molecule has 1 aliphatic rings. The summed E-state index contributed by atoms with van der Waals surface area (Å²) in [7, 11) is -3.55. The summed E-state index contributed by atoms with van der Waals surface area (Å²) >= 11 is 0. The van der Waals surface area contributed by atoms with Gasteiger partial charge in [-0.15, -0.1) is 0 Å². The molecule has 0 unspecified atom stereocenters. The summed E-state index contributed by atoms with van der Waals surface area (Å²) < 4.78 is 52.8. The Morgan fingerprint density at radius 2 is 1.72 bits per heavy atom. The lowest BCUT2D eigenvalue weighted by molar-refractivity contribution is -0.117. The first-order valence-electron chi connectivity index (χ1n) is 9.04. The molecule has 1 heterocycles. The Bertz CT molecular complexity index is 989. The van der Waals surface area contributed by atoms with Crippen molar-refractivity contribution in [3.8, 4) is 0 Å². The zero-order valence-electron chi connectivity index (χ0n) is 15.6. The van der Waals surface area contributed by atoms with Crippen LogP contribution in [0.15, 0.2) is 53.9 Å². The summed E-state index contributed by atoms with van der Waals surface area (Å²) in [6.07, 6.45) is 1.55. The van der Waals surface area contributed by atoms with Gasteiger partial charge in [0.25, 0.3) is 0 Å². The number of piperazine rings is 1. The molecule has 2 aromatic carbocycles. The summed E-state index contributed by atoms with van der Waals surface area (Å²) in [5.41, 5.74) is 0.697. The monoisotopic (exact) mass is 421 g/mol. The third-order valence-electron chi connectivity index (χ3n) is 4.50. The normalized spacial score (nSPS) is 16.2. The molecule has 1 fully saturated rings. The average Bonchev–Trinajstić information content (AvgIpc) is 2.70. The molecule has 0 aliphatic carbocycles. The summed E-state index contributed by atoms with van der Waals surface area (Å²) in [6, 6.07) is 12.0. The van der Waals surface area contributed by atoms with Crippen LogP contribution in [0.1, 0.15) is 5.56 Å². The number of carbonyl (C=O) groups is 1. The molecule has 154 valence electrons. The topological polar surface area (TPSA) is 69.7 Å². The lowest BCUT2D eigenvalue weighted by Crippen LogP contribution is -2.49. The number of carbonyl (C=O) groups excluding carboxylic acids is 1. The highest BCUT2D eigenvalue weighted by Gasteiger charge is 2.26. The lowest BCUT2D eigenvalue weighted by Gasteiger charge is -2.32. The van der Waals surface area contributed by atoms with E-state index >= 15 is 0 Å².